The predicted molar refractivity (Wildman–Crippen MR) is 136 cm³/mol. The van der Waals surface area contributed by atoms with Crippen molar-refractivity contribution in [1.82, 2.24) is 9.21 Å². The van der Waals surface area contributed by atoms with Crippen LogP contribution in [0.5, 0.6) is 0 Å². The van der Waals surface area contributed by atoms with Gasteiger partial charge in [-0.25, -0.2) is 12.8 Å². The molecule has 0 spiro atoms. The maximum Gasteiger partial charge on any atom is 0.419 e. The van der Waals surface area contributed by atoms with Crippen LogP contribution in [0.15, 0.2) is 71.6 Å². The summed E-state index contributed by atoms with van der Waals surface area (Å²) in [5, 5.41) is 10.9. The van der Waals surface area contributed by atoms with Crippen molar-refractivity contribution in [2.75, 3.05) is 19.6 Å². The first-order chi connectivity index (χ1) is 19.2. The smallest absolute Gasteiger partial charge is 0.378 e. The van der Waals surface area contributed by atoms with Gasteiger partial charge in [0.05, 0.1) is 16.0 Å². The molecule has 2 aliphatic rings. The number of nitrogens with zero attached hydrogens (tertiary/aromatic N) is 2. The average molecular weight is 603 g/mol. The number of aliphatic hydroxyl groups excluding tert-OH is 1. The number of hydrogen-bond donors (Lipinski definition) is 1. The molecule has 3 aromatic rings. The summed E-state index contributed by atoms with van der Waals surface area (Å²) in [4.78, 5) is 0.839. The molecule has 3 aromatic carbocycles. The van der Waals surface area contributed by atoms with E-state index in [-0.39, 0.29) is 24.2 Å². The average Bonchev–Trinajstić information content (AvgIpc) is 2.89. The van der Waals surface area contributed by atoms with E-state index >= 15 is 0 Å². The van der Waals surface area contributed by atoms with Crippen LogP contribution in [0, 0.1) is 5.82 Å². The fourth-order valence-electron chi connectivity index (χ4n) is 5.64. The monoisotopic (exact) mass is 602 g/mol. The fraction of sp³-hybridized carbons (Fsp3) is 0.357. The molecule has 0 aromatic heterocycles. The Morgan fingerprint density at radius 3 is 2.05 bits per heavy atom. The third-order valence-electron chi connectivity index (χ3n) is 7.69. The highest BCUT2D eigenvalue weighted by molar-refractivity contribution is 7.89. The second-order valence-electron chi connectivity index (χ2n) is 10.1. The molecular formula is C28H25F7N2O3S. The topological polar surface area (TPSA) is 60.9 Å². The number of fused-ring (bicyclic) bond motifs is 1. The van der Waals surface area contributed by atoms with Crippen LogP contribution in [0.1, 0.15) is 35.4 Å². The van der Waals surface area contributed by atoms with Crippen LogP contribution in [0.2, 0.25) is 0 Å². The molecule has 2 aliphatic heterocycles. The van der Waals surface area contributed by atoms with E-state index in [1.165, 1.54) is 36.4 Å². The van der Waals surface area contributed by atoms with Crippen LogP contribution in [0.4, 0.5) is 30.7 Å². The lowest BCUT2D eigenvalue weighted by Crippen LogP contribution is -2.66. The summed E-state index contributed by atoms with van der Waals surface area (Å²) in [5.74, 6) is -2.05. The zero-order valence-corrected chi connectivity index (χ0v) is 22.1. The van der Waals surface area contributed by atoms with Crippen molar-refractivity contribution in [2.24, 2.45) is 0 Å². The molecule has 41 heavy (non-hydrogen) atoms. The molecule has 0 radical (unpaired) electrons. The summed E-state index contributed by atoms with van der Waals surface area (Å²) in [6, 6.07) is 12.3. The van der Waals surface area contributed by atoms with Gasteiger partial charge in [-0.2, -0.15) is 30.6 Å². The van der Waals surface area contributed by atoms with Crippen molar-refractivity contribution in [2.45, 2.75) is 48.3 Å². The van der Waals surface area contributed by atoms with Gasteiger partial charge in [-0.05, 0) is 42.2 Å². The zero-order chi connectivity index (χ0) is 29.7. The lowest BCUT2D eigenvalue weighted by Gasteiger charge is -2.55. The van der Waals surface area contributed by atoms with Gasteiger partial charge >= 0.3 is 12.4 Å². The number of rotatable bonds is 4. The fourth-order valence-corrected chi connectivity index (χ4v) is 7.35. The molecular weight excluding hydrogens is 577 g/mol. The van der Waals surface area contributed by atoms with Crippen molar-refractivity contribution in [3.05, 3.63) is 89.2 Å². The molecule has 0 amide bonds. The first-order valence-electron chi connectivity index (χ1n) is 12.8. The molecule has 0 saturated carbocycles. The summed E-state index contributed by atoms with van der Waals surface area (Å²) in [6.45, 7) is 0.262. The van der Waals surface area contributed by atoms with Gasteiger partial charge in [0.2, 0.25) is 10.0 Å². The SMILES string of the molecule is O=S(=O)(c1ccccc1C(F)(F)F)N1CCCCN2[C@H](O)[C@@H](c3ccc(-c4cccc(C(F)(F)F)c4F)cc3)[C@@H]2C1. The van der Waals surface area contributed by atoms with E-state index in [4.69, 9.17) is 0 Å². The van der Waals surface area contributed by atoms with Gasteiger partial charge in [0.15, 0.2) is 0 Å². The molecule has 1 N–H and O–H groups in total. The van der Waals surface area contributed by atoms with Gasteiger partial charge in [0.1, 0.15) is 12.0 Å². The quantitative estimate of drug-likeness (QED) is 0.367. The minimum atomic E-state index is -4.88. The molecule has 2 fully saturated rings. The Hall–Kier alpha value is -3.00. The summed E-state index contributed by atoms with van der Waals surface area (Å²) in [5.41, 5.74) is -2.21. The van der Waals surface area contributed by atoms with Gasteiger partial charge in [-0.1, -0.05) is 48.5 Å². The Morgan fingerprint density at radius 1 is 0.780 bits per heavy atom. The van der Waals surface area contributed by atoms with Gasteiger partial charge < -0.3 is 5.11 Å². The Bertz CT molecular complexity index is 1520. The summed E-state index contributed by atoms with van der Waals surface area (Å²) in [7, 11) is -4.55. The molecule has 2 heterocycles. The van der Waals surface area contributed by atoms with E-state index in [1.807, 2.05) is 0 Å². The number of halogens is 7. The Labute approximate surface area is 231 Å². The second kappa shape index (κ2) is 10.7. The third kappa shape index (κ3) is 5.47. The highest BCUT2D eigenvalue weighted by Gasteiger charge is 2.50. The largest absolute Gasteiger partial charge is 0.419 e. The maximum absolute atomic E-state index is 14.7. The van der Waals surface area contributed by atoms with E-state index in [9.17, 15) is 44.3 Å². The van der Waals surface area contributed by atoms with Crippen LogP contribution in [-0.2, 0) is 22.4 Å². The van der Waals surface area contributed by atoms with E-state index in [0.717, 1.165) is 22.5 Å². The van der Waals surface area contributed by atoms with E-state index in [0.29, 0.717) is 37.1 Å². The van der Waals surface area contributed by atoms with Crippen molar-refractivity contribution < 1.29 is 44.3 Å². The standard InChI is InChI=1S/C28H25F7N2O3S/c29-25-19(6-5-8-21(25)28(33,34)35)17-10-12-18(13-11-17)24-22-16-36(14-3-4-15-37(22)26(24)38)41(39,40)23-9-2-1-7-20(23)27(30,31)32/h1-2,5-13,22,24,26,38H,3-4,14-16H2/t22-,24-,26+/m0/s1. The number of hydrogen-bond acceptors (Lipinski definition) is 4. The number of benzene rings is 3. The highest BCUT2D eigenvalue weighted by Crippen LogP contribution is 2.43. The molecule has 5 rings (SSSR count). The van der Waals surface area contributed by atoms with Crippen LogP contribution in [0.3, 0.4) is 0 Å². The second-order valence-corrected chi connectivity index (χ2v) is 12.0. The predicted octanol–water partition coefficient (Wildman–Crippen LogP) is 6.10. The zero-order valence-electron chi connectivity index (χ0n) is 21.3. The molecule has 13 heteroatoms. The molecule has 5 nitrogen and oxygen atoms in total. The molecule has 0 aliphatic carbocycles. The van der Waals surface area contributed by atoms with Crippen molar-refractivity contribution >= 4 is 10.0 Å². The van der Waals surface area contributed by atoms with Crippen LogP contribution >= 0.6 is 0 Å². The maximum atomic E-state index is 14.7. The van der Waals surface area contributed by atoms with Crippen LogP contribution < -0.4 is 0 Å². The number of alkyl halides is 6. The van der Waals surface area contributed by atoms with Crippen LogP contribution in [-0.4, -0.2) is 54.6 Å². The first kappa shape index (κ1) is 29.5. The van der Waals surface area contributed by atoms with Crippen molar-refractivity contribution in [3.63, 3.8) is 0 Å². The lowest BCUT2D eigenvalue weighted by atomic mass is 9.79. The molecule has 2 saturated heterocycles. The molecule has 0 unspecified atom stereocenters. The van der Waals surface area contributed by atoms with E-state index in [1.54, 1.807) is 4.90 Å². The first-order valence-corrected chi connectivity index (χ1v) is 14.2. The molecule has 220 valence electrons. The van der Waals surface area contributed by atoms with E-state index in [2.05, 4.69) is 0 Å². The Morgan fingerprint density at radius 2 is 1.39 bits per heavy atom. The Balaban J connectivity index is 1.44. The van der Waals surface area contributed by atoms with Gasteiger partial charge in [-0.15, -0.1) is 0 Å². The normalized spacial score (nSPS) is 22.9. The number of aliphatic hydroxyl groups is 1. The molecule has 0 bridgehead atoms. The van der Waals surface area contributed by atoms with E-state index < -0.39 is 62.4 Å². The third-order valence-corrected chi connectivity index (χ3v) is 9.61. The summed E-state index contributed by atoms with van der Waals surface area (Å²) in [6.07, 6.45) is -9.88. The van der Waals surface area contributed by atoms with Gasteiger partial charge in [-0.3, -0.25) is 4.90 Å². The summed E-state index contributed by atoms with van der Waals surface area (Å²) >= 11 is 0. The lowest BCUT2D eigenvalue weighted by molar-refractivity contribution is -0.148. The van der Waals surface area contributed by atoms with Crippen LogP contribution in [0.25, 0.3) is 11.1 Å². The van der Waals surface area contributed by atoms with Crippen molar-refractivity contribution in [1.29, 1.82) is 0 Å². The summed E-state index contributed by atoms with van der Waals surface area (Å²) < 4.78 is 123. The highest BCUT2D eigenvalue weighted by atomic mass is 32.2. The van der Waals surface area contributed by atoms with Gasteiger partial charge in [0.25, 0.3) is 0 Å². The Kier molecular flexibility index (Phi) is 7.68. The molecule has 3 atom stereocenters. The van der Waals surface area contributed by atoms with Crippen molar-refractivity contribution in [3.8, 4) is 11.1 Å². The minimum absolute atomic E-state index is 0.00452. The van der Waals surface area contributed by atoms with Gasteiger partial charge in [0, 0.05) is 37.2 Å². The number of sulfonamides is 1. The minimum Gasteiger partial charge on any atom is -0.378 e.